The van der Waals surface area contributed by atoms with Crippen LogP contribution < -0.4 is 5.32 Å². The van der Waals surface area contributed by atoms with Crippen LogP contribution in [-0.2, 0) is 4.74 Å². The van der Waals surface area contributed by atoms with Crippen molar-refractivity contribution < 1.29 is 4.74 Å². The monoisotopic (exact) mass is 165 g/mol. The molecule has 0 saturated carbocycles. The Morgan fingerprint density at radius 3 is 3.08 bits per heavy atom. The molecule has 1 saturated heterocycles. The first-order chi connectivity index (χ1) is 5.83. The molecule has 0 aromatic rings. The highest BCUT2D eigenvalue weighted by Gasteiger charge is 2.10. The second-order valence-electron chi connectivity index (χ2n) is 2.92. The molecular weight excluding hydrogens is 151 g/mol. The van der Waals surface area contributed by atoms with E-state index >= 15 is 0 Å². The van der Waals surface area contributed by atoms with Gasteiger partial charge in [-0.2, -0.15) is 0 Å². The van der Waals surface area contributed by atoms with Gasteiger partial charge in [-0.1, -0.05) is 0 Å². The molecule has 1 atom stereocenters. The molecule has 3 nitrogen and oxygen atoms in total. The number of ether oxygens (including phenoxy) is 1. The minimum Gasteiger partial charge on any atom is -0.675 e. The standard InChI is InChI=1S/C8H14BN2O/c9-7(5-10)6-11-8-3-1-2-4-12-8/h6,8,10-11H,1-5H2/q-1/b7-6+. The van der Waals surface area contributed by atoms with E-state index in [4.69, 9.17) is 18.3 Å². The first-order valence-electron chi connectivity index (χ1n) is 4.29. The van der Waals surface area contributed by atoms with Crippen molar-refractivity contribution >= 4 is 7.85 Å². The Morgan fingerprint density at radius 1 is 1.67 bits per heavy atom. The Labute approximate surface area is 74.8 Å². The van der Waals surface area contributed by atoms with Crippen molar-refractivity contribution in [3.05, 3.63) is 17.4 Å². The van der Waals surface area contributed by atoms with E-state index in [1.165, 1.54) is 6.42 Å². The second-order valence-corrected chi connectivity index (χ2v) is 2.92. The lowest BCUT2D eigenvalue weighted by molar-refractivity contribution is 0.00330. The maximum absolute atomic E-state index is 6.95. The maximum atomic E-state index is 6.95. The summed E-state index contributed by atoms with van der Waals surface area (Å²) >= 11 is 0. The fourth-order valence-corrected chi connectivity index (χ4v) is 1.12. The molecule has 0 amide bonds. The average Bonchev–Trinajstić information content (AvgIpc) is 2.16. The Kier molecular flexibility index (Phi) is 4.18. The zero-order chi connectivity index (χ0) is 8.81. The highest BCUT2D eigenvalue weighted by atomic mass is 16.5. The van der Waals surface area contributed by atoms with Gasteiger partial charge in [0.15, 0.2) is 0 Å². The molecule has 66 valence electrons. The van der Waals surface area contributed by atoms with Crippen LogP contribution in [0.25, 0.3) is 5.73 Å². The zero-order valence-corrected chi connectivity index (χ0v) is 7.18. The van der Waals surface area contributed by atoms with E-state index in [9.17, 15) is 0 Å². The van der Waals surface area contributed by atoms with Crippen LogP contribution in [-0.4, -0.2) is 27.2 Å². The summed E-state index contributed by atoms with van der Waals surface area (Å²) in [5, 5.41) is 3.04. The van der Waals surface area contributed by atoms with Gasteiger partial charge in [-0.05, 0) is 25.5 Å². The lowest BCUT2D eigenvalue weighted by Gasteiger charge is -2.23. The first-order valence-corrected chi connectivity index (χ1v) is 4.29. The lowest BCUT2D eigenvalue weighted by atomic mass is 9.97. The molecule has 0 spiro atoms. The number of rotatable bonds is 3. The molecule has 1 aliphatic rings. The van der Waals surface area contributed by atoms with Crippen molar-refractivity contribution in [3.63, 3.8) is 0 Å². The quantitative estimate of drug-likeness (QED) is 0.637. The zero-order valence-electron chi connectivity index (χ0n) is 7.18. The minimum absolute atomic E-state index is 0.101. The average molecular weight is 165 g/mol. The summed E-state index contributed by atoms with van der Waals surface area (Å²) in [6.07, 6.45) is 5.15. The third-order valence-electron chi connectivity index (χ3n) is 1.84. The van der Waals surface area contributed by atoms with Gasteiger partial charge in [-0.3, -0.25) is 0 Å². The number of nitrogens with one attached hydrogen (secondary N) is 2. The molecule has 1 heterocycles. The summed E-state index contributed by atoms with van der Waals surface area (Å²) in [5.41, 5.74) is 7.50. The second kappa shape index (κ2) is 5.22. The summed E-state index contributed by atoms with van der Waals surface area (Å²) in [7, 11) is 5.45. The first kappa shape index (κ1) is 9.61. The van der Waals surface area contributed by atoms with Crippen molar-refractivity contribution in [1.82, 2.24) is 5.32 Å². The van der Waals surface area contributed by atoms with Gasteiger partial charge in [-0.15, -0.1) is 12.0 Å². The molecule has 0 bridgehead atoms. The molecule has 4 heteroatoms. The highest BCUT2D eigenvalue weighted by molar-refractivity contribution is 6.21. The summed E-state index contributed by atoms with van der Waals surface area (Å²) in [6.45, 7) is 0.964. The van der Waals surface area contributed by atoms with E-state index in [2.05, 4.69) is 5.32 Å². The summed E-state index contributed by atoms with van der Waals surface area (Å²) in [5.74, 6) is 0. The van der Waals surface area contributed by atoms with Gasteiger partial charge in [0.2, 0.25) is 0 Å². The highest BCUT2D eigenvalue weighted by Crippen LogP contribution is 2.09. The van der Waals surface area contributed by atoms with E-state index in [0.717, 1.165) is 19.4 Å². The molecule has 1 rings (SSSR count). The van der Waals surface area contributed by atoms with Crippen LogP contribution in [0.5, 0.6) is 0 Å². The molecule has 0 aliphatic carbocycles. The topological polar surface area (TPSA) is 45.1 Å². The van der Waals surface area contributed by atoms with Gasteiger partial charge in [0.25, 0.3) is 0 Å². The van der Waals surface area contributed by atoms with Gasteiger partial charge < -0.3 is 15.8 Å². The Morgan fingerprint density at radius 2 is 2.50 bits per heavy atom. The molecule has 12 heavy (non-hydrogen) atoms. The van der Waals surface area contributed by atoms with Gasteiger partial charge in [0.05, 0.1) is 0 Å². The van der Waals surface area contributed by atoms with E-state index in [1.807, 2.05) is 0 Å². The third-order valence-corrected chi connectivity index (χ3v) is 1.84. The van der Waals surface area contributed by atoms with Crippen LogP contribution in [0.2, 0.25) is 0 Å². The minimum atomic E-state index is 0.101. The van der Waals surface area contributed by atoms with Crippen LogP contribution in [0, 0.1) is 0 Å². The summed E-state index contributed by atoms with van der Waals surface area (Å²) < 4.78 is 5.40. The van der Waals surface area contributed by atoms with E-state index < -0.39 is 0 Å². The molecule has 0 aromatic heterocycles. The van der Waals surface area contributed by atoms with Crippen molar-refractivity contribution in [2.45, 2.75) is 25.5 Å². The third kappa shape index (κ3) is 3.28. The van der Waals surface area contributed by atoms with Gasteiger partial charge in [-0.25, -0.2) is 0 Å². The van der Waals surface area contributed by atoms with Crippen LogP contribution in [0.1, 0.15) is 19.3 Å². The van der Waals surface area contributed by atoms with Crippen molar-refractivity contribution in [2.75, 3.05) is 13.2 Å². The normalized spacial score (nSPS) is 25.4. The van der Waals surface area contributed by atoms with Crippen molar-refractivity contribution in [2.24, 2.45) is 0 Å². The summed E-state index contributed by atoms with van der Waals surface area (Å²) in [6, 6.07) is 0. The van der Waals surface area contributed by atoms with Crippen LogP contribution >= 0.6 is 0 Å². The predicted octanol–water partition coefficient (Wildman–Crippen LogP) is 1.16. The molecule has 1 unspecified atom stereocenters. The fourth-order valence-electron chi connectivity index (χ4n) is 1.12. The Hall–Kier alpha value is -0.475. The fraction of sp³-hybridized carbons (Fsp3) is 0.750. The Balaban J connectivity index is 2.21. The lowest BCUT2D eigenvalue weighted by Crippen LogP contribution is -2.31. The van der Waals surface area contributed by atoms with Crippen molar-refractivity contribution in [3.8, 4) is 0 Å². The van der Waals surface area contributed by atoms with Gasteiger partial charge >= 0.3 is 0 Å². The number of hydrogen-bond donors (Lipinski definition) is 1. The van der Waals surface area contributed by atoms with Gasteiger partial charge in [0.1, 0.15) is 14.1 Å². The molecule has 2 radical (unpaired) electrons. The predicted molar refractivity (Wildman–Crippen MR) is 49.8 cm³/mol. The van der Waals surface area contributed by atoms with Gasteiger partial charge in [0, 0.05) is 6.61 Å². The maximum Gasteiger partial charge on any atom is 0.127 e. The van der Waals surface area contributed by atoms with E-state index in [-0.39, 0.29) is 12.8 Å². The summed E-state index contributed by atoms with van der Waals surface area (Å²) in [4.78, 5) is 0. The van der Waals surface area contributed by atoms with E-state index in [0.29, 0.717) is 5.47 Å². The SMILES string of the molecule is [B]/C(=C/NC1CCCCO1)C[NH-]. The van der Waals surface area contributed by atoms with E-state index in [1.54, 1.807) is 6.20 Å². The molecule has 1 aliphatic heterocycles. The molecular formula is C8H14BN2O-. The Bertz CT molecular complexity index is 155. The molecule has 0 aromatic carbocycles. The van der Waals surface area contributed by atoms with Crippen LogP contribution in [0.3, 0.4) is 0 Å². The smallest absolute Gasteiger partial charge is 0.127 e. The largest absolute Gasteiger partial charge is 0.675 e. The molecule has 1 fully saturated rings. The number of hydrogen-bond acceptors (Lipinski definition) is 2. The van der Waals surface area contributed by atoms with Crippen LogP contribution in [0.4, 0.5) is 0 Å². The van der Waals surface area contributed by atoms with Crippen LogP contribution in [0.15, 0.2) is 11.7 Å². The molecule has 2 N–H and O–H groups in total. The van der Waals surface area contributed by atoms with Crippen molar-refractivity contribution in [1.29, 1.82) is 0 Å².